The van der Waals surface area contributed by atoms with E-state index >= 15 is 0 Å². The Hall–Kier alpha value is -5.85. The van der Waals surface area contributed by atoms with E-state index in [1.165, 1.54) is 17.6 Å². The first kappa shape index (κ1) is 52.1. The van der Waals surface area contributed by atoms with Gasteiger partial charge >= 0.3 is 0 Å². The van der Waals surface area contributed by atoms with Crippen LogP contribution in [0.25, 0.3) is 0 Å². The first-order valence-corrected chi connectivity index (χ1v) is 24.0. The molecule has 366 valence electrons. The summed E-state index contributed by atoms with van der Waals surface area (Å²) in [5.41, 5.74) is 6.30. The predicted octanol–water partition coefficient (Wildman–Crippen LogP) is 1.69. The van der Waals surface area contributed by atoms with Crippen LogP contribution < -0.4 is 32.3 Å². The highest BCUT2D eigenvalue weighted by Crippen LogP contribution is 2.29. The molecule has 0 spiro atoms. The summed E-state index contributed by atoms with van der Waals surface area (Å²) < 4.78 is 0. The molecule has 0 aromatic heterocycles. The third-order valence-electron chi connectivity index (χ3n) is 12.6. The molecule has 8 N–H and O–H groups in total. The lowest BCUT2D eigenvalue weighted by atomic mass is 9.83. The number of hydrogen-bond donors (Lipinski definition) is 7. The van der Waals surface area contributed by atoms with Gasteiger partial charge in [0, 0.05) is 44.7 Å². The van der Waals surface area contributed by atoms with Crippen molar-refractivity contribution in [3.8, 4) is 0 Å². The van der Waals surface area contributed by atoms with Crippen LogP contribution in [0, 0.1) is 17.8 Å². The van der Waals surface area contributed by atoms with E-state index in [2.05, 4.69) is 46.6 Å². The molecule has 19 nitrogen and oxygen atoms in total. The van der Waals surface area contributed by atoms with Crippen LogP contribution in [0.3, 0.4) is 0 Å². The Morgan fingerprint density at radius 2 is 1.30 bits per heavy atom. The van der Waals surface area contributed by atoms with Crippen molar-refractivity contribution in [1.82, 2.24) is 31.5 Å². The lowest BCUT2D eigenvalue weighted by molar-refractivity contribution is -0.142. The standard InChI is InChI=1S/C48H71N11O8/c1-29(2)18-36(44(49)63)54-43(62)24-41(60)35(20-31-12-7-5-8-13-31)56-46(65)38(22-33-25-50-27-52-33)57-45(64)37(21-32-14-9-6-10-15-32)58-47(66)40-16-11-17-59(40)48(67)39(23-34-26-51-28-53-34)55-42(61)19-30(3)4/h6,9-10,14-15,25-31,33-41,60H,5,7-8,11-13,16-24H2,1-4H3,(H2,49,63)(H,54,62)(H,55,61)(H,56,65)(H,57,64)(H,58,66)/t33?,34?,35-,36-,37-,38-,39-,40-,41-/m0/s1. The van der Waals surface area contributed by atoms with E-state index in [-0.39, 0.29) is 55.9 Å². The summed E-state index contributed by atoms with van der Waals surface area (Å²) in [6, 6.07) is 1.91. The minimum Gasteiger partial charge on any atom is -0.390 e. The molecule has 4 aliphatic rings. The van der Waals surface area contributed by atoms with Gasteiger partial charge in [0.15, 0.2) is 0 Å². The Bertz CT molecular complexity index is 1960. The van der Waals surface area contributed by atoms with Gasteiger partial charge in [0.1, 0.15) is 42.9 Å². The average Bonchev–Trinajstić information content (AvgIpc) is 4.10. The van der Waals surface area contributed by atoms with Crippen LogP contribution in [0.4, 0.5) is 0 Å². The molecule has 1 aliphatic carbocycles. The fourth-order valence-electron chi connectivity index (χ4n) is 9.19. The minimum atomic E-state index is -1.34. The van der Waals surface area contributed by atoms with Crippen LogP contribution in [-0.4, -0.2) is 137 Å². The maximum absolute atomic E-state index is 14.6. The number of carbonyl (C=O) groups is 7. The van der Waals surface area contributed by atoms with Crippen molar-refractivity contribution in [3.63, 3.8) is 0 Å². The molecule has 1 aromatic rings. The second-order valence-electron chi connectivity index (χ2n) is 19.2. The van der Waals surface area contributed by atoms with Crippen molar-refractivity contribution in [2.24, 2.45) is 43.5 Å². The third-order valence-corrected chi connectivity index (χ3v) is 12.6. The summed E-state index contributed by atoms with van der Waals surface area (Å²) in [6.45, 7) is 7.86. The number of aliphatic hydroxyl groups excluding tert-OH is 1. The molecule has 5 rings (SSSR count). The molecule has 3 aliphatic heterocycles. The lowest BCUT2D eigenvalue weighted by Crippen LogP contribution is -2.59. The monoisotopic (exact) mass is 930 g/mol. The number of hydrogen-bond acceptors (Lipinski definition) is 12. The Balaban J connectivity index is 1.35. The smallest absolute Gasteiger partial charge is 0.245 e. The number of primary amides is 1. The third kappa shape index (κ3) is 16.8. The molecular weight excluding hydrogens is 859 g/mol. The fourth-order valence-corrected chi connectivity index (χ4v) is 9.19. The quantitative estimate of drug-likeness (QED) is 0.0756. The number of benzene rings is 1. The summed E-state index contributed by atoms with van der Waals surface area (Å²) in [4.78, 5) is 114. The molecule has 1 saturated heterocycles. The highest BCUT2D eigenvalue weighted by atomic mass is 16.3. The summed E-state index contributed by atoms with van der Waals surface area (Å²) in [5, 5.41) is 25.8. The van der Waals surface area contributed by atoms with Gasteiger partial charge in [-0.1, -0.05) is 90.1 Å². The maximum Gasteiger partial charge on any atom is 0.245 e. The van der Waals surface area contributed by atoms with Gasteiger partial charge < -0.3 is 42.3 Å². The van der Waals surface area contributed by atoms with E-state index in [1.807, 2.05) is 45.9 Å². The van der Waals surface area contributed by atoms with Crippen molar-refractivity contribution in [3.05, 3.63) is 35.9 Å². The number of carbonyl (C=O) groups excluding carboxylic acids is 7. The average molecular weight is 930 g/mol. The van der Waals surface area contributed by atoms with E-state index in [0.717, 1.165) is 37.7 Å². The maximum atomic E-state index is 14.6. The molecule has 3 heterocycles. The number of aliphatic imine (C=N–C) groups is 4. The minimum absolute atomic E-state index is 0.00360. The van der Waals surface area contributed by atoms with Gasteiger partial charge in [0.05, 0.1) is 30.7 Å². The van der Waals surface area contributed by atoms with Gasteiger partial charge in [-0.15, -0.1) is 0 Å². The predicted molar refractivity (Wildman–Crippen MR) is 255 cm³/mol. The van der Waals surface area contributed by atoms with Gasteiger partial charge in [0.2, 0.25) is 41.4 Å². The molecule has 1 saturated carbocycles. The summed E-state index contributed by atoms with van der Waals surface area (Å²) in [7, 11) is 0. The van der Waals surface area contributed by atoms with Crippen molar-refractivity contribution in [2.45, 2.75) is 172 Å². The molecule has 19 heteroatoms. The van der Waals surface area contributed by atoms with Gasteiger partial charge in [-0.25, -0.2) is 9.98 Å². The number of nitrogens with zero attached hydrogens (tertiary/aromatic N) is 5. The lowest BCUT2D eigenvalue weighted by Gasteiger charge is -2.32. The van der Waals surface area contributed by atoms with Crippen LogP contribution in [0.1, 0.15) is 117 Å². The summed E-state index contributed by atoms with van der Waals surface area (Å²) in [5.74, 6) is -3.59. The van der Waals surface area contributed by atoms with Crippen molar-refractivity contribution < 1.29 is 38.7 Å². The highest BCUT2D eigenvalue weighted by molar-refractivity contribution is 5.97. The molecule has 2 unspecified atom stereocenters. The second-order valence-corrected chi connectivity index (χ2v) is 19.2. The van der Waals surface area contributed by atoms with E-state index in [4.69, 9.17) is 5.73 Å². The topological polar surface area (TPSA) is 279 Å². The molecule has 2 fully saturated rings. The first-order valence-electron chi connectivity index (χ1n) is 24.0. The van der Waals surface area contributed by atoms with Gasteiger partial charge in [0.25, 0.3) is 0 Å². The van der Waals surface area contributed by atoms with Gasteiger partial charge in [-0.3, -0.25) is 43.5 Å². The largest absolute Gasteiger partial charge is 0.390 e. The molecule has 9 atom stereocenters. The van der Waals surface area contributed by atoms with Crippen LogP contribution in [-0.2, 0) is 40.0 Å². The number of rotatable bonds is 25. The highest BCUT2D eigenvalue weighted by Gasteiger charge is 2.40. The Morgan fingerprint density at radius 3 is 1.90 bits per heavy atom. The van der Waals surface area contributed by atoms with Crippen LogP contribution in [0.15, 0.2) is 50.3 Å². The number of amides is 7. The van der Waals surface area contributed by atoms with Crippen molar-refractivity contribution in [1.29, 1.82) is 0 Å². The zero-order chi connectivity index (χ0) is 48.5. The zero-order valence-electron chi connectivity index (χ0n) is 39.3. The Kier molecular flexibility index (Phi) is 20.1. The fraction of sp³-hybridized carbons (Fsp3) is 0.646. The van der Waals surface area contributed by atoms with E-state index in [1.54, 1.807) is 24.6 Å². The molecule has 67 heavy (non-hydrogen) atoms. The van der Waals surface area contributed by atoms with Crippen molar-refractivity contribution >= 4 is 66.5 Å². The van der Waals surface area contributed by atoms with Gasteiger partial charge in [-0.2, -0.15) is 0 Å². The second kappa shape index (κ2) is 25.9. The number of aliphatic hydroxyl groups is 1. The van der Waals surface area contributed by atoms with Gasteiger partial charge in [-0.05, 0) is 49.0 Å². The summed E-state index contributed by atoms with van der Waals surface area (Å²) >= 11 is 0. The normalized spacial score (nSPS) is 21.7. The number of nitrogens with two attached hydrogens (primary N) is 1. The number of likely N-dealkylation sites (tertiary alicyclic amines) is 1. The van der Waals surface area contributed by atoms with E-state index in [0.29, 0.717) is 25.7 Å². The van der Waals surface area contributed by atoms with Crippen LogP contribution in [0.5, 0.6) is 0 Å². The molecule has 7 amide bonds. The number of nitrogens with one attached hydrogen (secondary N) is 5. The molecule has 0 radical (unpaired) electrons. The molecular formula is C48H71N11O8. The Labute approximate surface area is 393 Å². The SMILES string of the molecule is CC(C)CC(=O)N[C@@H](CC1C=NC=N1)C(=O)N1CCC[C@H]1C(=O)N[C@@H](Cc1ccccc1)C(=O)N[C@@H](CC1C=NC=N1)C(=O)N[C@@H](CC1CCCCC1)[C@@H](O)CC(=O)N[C@@H](CC(C)C)C(N)=O. The van der Waals surface area contributed by atoms with Crippen LogP contribution in [0.2, 0.25) is 0 Å². The van der Waals surface area contributed by atoms with Crippen molar-refractivity contribution in [2.75, 3.05) is 6.54 Å². The summed E-state index contributed by atoms with van der Waals surface area (Å²) in [6.07, 6.45) is 11.0. The van der Waals surface area contributed by atoms with Crippen LogP contribution >= 0.6 is 0 Å². The Morgan fingerprint density at radius 1 is 0.687 bits per heavy atom. The zero-order valence-corrected chi connectivity index (χ0v) is 39.3. The first-order chi connectivity index (χ1) is 32.1. The molecule has 1 aromatic carbocycles. The van der Waals surface area contributed by atoms with E-state index in [9.17, 15) is 38.7 Å². The van der Waals surface area contributed by atoms with E-state index < -0.39 is 96.3 Å². The molecule has 0 bridgehead atoms.